The third-order valence-electron chi connectivity index (χ3n) is 7.53. The Hall–Kier alpha value is -1.50. The summed E-state index contributed by atoms with van der Waals surface area (Å²) >= 11 is 0. The van der Waals surface area contributed by atoms with Crippen LogP contribution in [0.4, 0.5) is 0 Å². The van der Waals surface area contributed by atoms with Gasteiger partial charge in [0, 0.05) is 6.54 Å². The molecule has 2 rings (SSSR count). The van der Waals surface area contributed by atoms with Crippen molar-refractivity contribution < 1.29 is 59.9 Å². The highest BCUT2D eigenvalue weighted by molar-refractivity contribution is 5.89. The van der Waals surface area contributed by atoms with Crippen LogP contribution in [0.2, 0.25) is 0 Å². The summed E-state index contributed by atoms with van der Waals surface area (Å²) in [6.07, 6.45) is -13.1. The highest BCUT2D eigenvalue weighted by Gasteiger charge is 2.45. The topological polar surface area (TPSA) is 256 Å². The van der Waals surface area contributed by atoms with E-state index >= 15 is 0 Å². The number of hydrogen-bond donors (Lipinski definition) is 10. The lowest BCUT2D eigenvalue weighted by Gasteiger charge is -2.41. The molecule has 0 aromatic heterocycles. The van der Waals surface area contributed by atoms with Crippen molar-refractivity contribution in [3.05, 3.63) is 0 Å². The van der Waals surface area contributed by atoms with Gasteiger partial charge in [-0.3, -0.25) is 9.59 Å². The minimum atomic E-state index is -1.58. The molecule has 0 aliphatic carbocycles. The first-order valence-corrected chi connectivity index (χ1v) is 13.2. The van der Waals surface area contributed by atoms with Gasteiger partial charge in [0.1, 0.15) is 54.9 Å². The van der Waals surface area contributed by atoms with Gasteiger partial charge in [0.25, 0.3) is 0 Å². The molecule has 2 aliphatic heterocycles. The average molecular weight is 568 g/mol. The van der Waals surface area contributed by atoms with Crippen molar-refractivity contribution in [2.24, 2.45) is 11.7 Å². The molecule has 15 heteroatoms. The van der Waals surface area contributed by atoms with Crippen molar-refractivity contribution in [1.29, 1.82) is 0 Å². The Morgan fingerprint density at radius 1 is 0.769 bits per heavy atom. The molecular weight excluding hydrogens is 522 g/mol. The van der Waals surface area contributed by atoms with Gasteiger partial charge in [-0.15, -0.1) is 0 Å². The van der Waals surface area contributed by atoms with Crippen LogP contribution in [0.5, 0.6) is 0 Å². The molecule has 15 nitrogen and oxygen atoms in total. The second kappa shape index (κ2) is 14.9. The molecule has 0 aromatic carbocycles. The van der Waals surface area contributed by atoms with Crippen molar-refractivity contribution in [3.63, 3.8) is 0 Å². The molecule has 228 valence electrons. The number of carbonyl (C=O) groups is 2. The monoisotopic (exact) mass is 567 g/mol. The first kappa shape index (κ1) is 33.7. The fourth-order valence-electron chi connectivity index (χ4n) is 4.92. The minimum absolute atomic E-state index is 0.0412. The van der Waals surface area contributed by atoms with Crippen molar-refractivity contribution in [2.75, 3.05) is 26.3 Å². The molecule has 39 heavy (non-hydrogen) atoms. The van der Waals surface area contributed by atoms with Crippen LogP contribution in [-0.2, 0) is 19.1 Å². The maximum absolute atomic E-state index is 13.6. The third-order valence-corrected chi connectivity index (χ3v) is 7.53. The molecule has 0 bridgehead atoms. The molecule has 11 N–H and O–H groups in total. The van der Waals surface area contributed by atoms with Gasteiger partial charge < -0.3 is 66.3 Å². The molecule has 2 saturated heterocycles. The first-order chi connectivity index (χ1) is 18.3. The summed E-state index contributed by atoms with van der Waals surface area (Å²) in [6, 6.07) is -1.87. The molecule has 2 fully saturated rings. The largest absolute Gasteiger partial charge is 0.394 e. The van der Waals surface area contributed by atoms with Crippen LogP contribution in [-0.4, -0.2) is 157 Å². The molecule has 0 saturated carbocycles. The first-order valence-electron chi connectivity index (χ1n) is 13.2. The quantitative estimate of drug-likeness (QED) is 0.0999. The van der Waals surface area contributed by atoms with Crippen LogP contribution in [0, 0.1) is 5.92 Å². The molecule has 12 atom stereocenters. The lowest BCUT2D eigenvalue weighted by atomic mass is 9.93. The Kier molecular flexibility index (Phi) is 12.9. The summed E-state index contributed by atoms with van der Waals surface area (Å²) in [6.45, 7) is 3.85. The maximum atomic E-state index is 13.6. The standard InChI is InChI=1S/C24H45N3O12/c1-10(2)16(26-6-4-12-17(30)21(34)19(32)14(8-28)38-12)24(37)27(11(3)23(25)36)7-5-13-18(31)22(35)20(33)15(9-29)39-13/h10-22,26,28-35H,4-9H2,1-3H3,(H2,25,36)/t11-,12-,13+,14-,15+,16-,17+,18-,19-,20+,21-,22+/m1/s1. The highest BCUT2D eigenvalue weighted by atomic mass is 16.6. The van der Waals surface area contributed by atoms with Gasteiger partial charge in [-0.25, -0.2) is 0 Å². The average Bonchev–Trinajstić information content (AvgIpc) is 2.90. The Balaban J connectivity index is 2.09. The summed E-state index contributed by atoms with van der Waals surface area (Å²) in [4.78, 5) is 26.8. The Morgan fingerprint density at radius 2 is 1.21 bits per heavy atom. The number of primary amides is 1. The lowest BCUT2D eigenvalue weighted by Crippen LogP contribution is -2.60. The summed E-state index contributed by atoms with van der Waals surface area (Å²) in [5.74, 6) is -1.54. The van der Waals surface area contributed by atoms with Crippen LogP contribution < -0.4 is 11.1 Å². The number of nitrogens with two attached hydrogens (primary N) is 1. The zero-order valence-corrected chi connectivity index (χ0v) is 22.5. The molecule has 0 aromatic rings. The van der Waals surface area contributed by atoms with E-state index in [1.165, 1.54) is 11.8 Å². The van der Waals surface area contributed by atoms with E-state index in [2.05, 4.69) is 5.32 Å². The molecule has 0 radical (unpaired) electrons. The van der Waals surface area contributed by atoms with Crippen molar-refractivity contribution >= 4 is 11.8 Å². The number of nitrogens with zero attached hydrogens (tertiary/aromatic N) is 1. The Labute approximate surface area is 227 Å². The Bertz CT molecular complexity index is 787. The molecular formula is C24H45N3O12. The SMILES string of the molecule is CC(C)[C@@H](NCC[C@H]1O[C@H](CO)[C@@H](O)[C@H](O)[C@H]1O)C(=O)N(CC[C@@H]1O[C@@H](CO)[C@H](O)[C@@H](O)[C@@H]1O)[C@H](C)C(N)=O. The third kappa shape index (κ3) is 8.04. The summed E-state index contributed by atoms with van der Waals surface area (Å²) < 4.78 is 11.0. The normalized spacial score (nSPS) is 36.9. The fraction of sp³-hybridized carbons (Fsp3) is 0.917. The van der Waals surface area contributed by atoms with Gasteiger partial charge >= 0.3 is 0 Å². The molecule has 0 unspecified atom stereocenters. The van der Waals surface area contributed by atoms with Gasteiger partial charge in [0.2, 0.25) is 11.8 Å². The number of amides is 2. The van der Waals surface area contributed by atoms with E-state index in [0.717, 1.165) is 0 Å². The van der Waals surface area contributed by atoms with Crippen LogP contribution in [0.3, 0.4) is 0 Å². The van der Waals surface area contributed by atoms with E-state index in [-0.39, 0.29) is 31.8 Å². The summed E-state index contributed by atoms with van der Waals surface area (Å²) in [5.41, 5.74) is 5.49. The zero-order valence-electron chi connectivity index (χ0n) is 22.5. The molecule has 2 amide bonds. The van der Waals surface area contributed by atoms with Gasteiger partial charge in [0.05, 0.1) is 31.5 Å². The highest BCUT2D eigenvalue weighted by Crippen LogP contribution is 2.25. The number of aliphatic hydroxyl groups is 8. The van der Waals surface area contributed by atoms with Gasteiger partial charge in [0.15, 0.2) is 0 Å². The van der Waals surface area contributed by atoms with E-state index in [4.69, 9.17) is 15.2 Å². The fourth-order valence-corrected chi connectivity index (χ4v) is 4.92. The number of nitrogens with one attached hydrogen (secondary N) is 1. The van der Waals surface area contributed by atoms with Crippen LogP contribution >= 0.6 is 0 Å². The van der Waals surface area contributed by atoms with Crippen molar-refractivity contribution in [1.82, 2.24) is 10.2 Å². The number of ether oxygens (including phenoxy) is 2. The second-order valence-electron chi connectivity index (χ2n) is 10.6. The predicted molar refractivity (Wildman–Crippen MR) is 134 cm³/mol. The van der Waals surface area contributed by atoms with E-state index in [0.29, 0.717) is 0 Å². The smallest absolute Gasteiger partial charge is 0.240 e. The Morgan fingerprint density at radius 3 is 1.62 bits per heavy atom. The summed E-state index contributed by atoms with van der Waals surface area (Å²) in [7, 11) is 0. The van der Waals surface area contributed by atoms with E-state index < -0.39 is 98.2 Å². The van der Waals surface area contributed by atoms with Crippen LogP contribution in [0.15, 0.2) is 0 Å². The summed E-state index contributed by atoms with van der Waals surface area (Å²) in [5, 5.41) is 82.5. The zero-order chi connectivity index (χ0) is 29.6. The maximum Gasteiger partial charge on any atom is 0.240 e. The molecule has 0 spiro atoms. The number of hydrogen-bond acceptors (Lipinski definition) is 13. The van der Waals surface area contributed by atoms with Gasteiger partial charge in [-0.2, -0.15) is 0 Å². The van der Waals surface area contributed by atoms with Gasteiger partial charge in [-0.05, 0) is 32.2 Å². The predicted octanol–water partition coefficient (Wildman–Crippen LogP) is -5.23. The number of carbonyl (C=O) groups excluding carboxylic acids is 2. The number of rotatable bonds is 13. The molecule has 2 heterocycles. The van der Waals surface area contributed by atoms with Crippen molar-refractivity contribution in [2.45, 2.75) is 107 Å². The van der Waals surface area contributed by atoms with Gasteiger partial charge in [-0.1, -0.05) is 13.8 Å². The molecule has 2 aliphatic rings. The van der Waals surface area contributed by atoms with Crippen molar-refractivity contribution in [3.8, 4) is 0 Å². The van der Waals surface area contributed by atoms with Crippen LogP contribution in [0.1, 0.15) is 33.6 Å². The number of aliphatic hydroxyl groups excluding tert-OH is 8. The van der Waals surface area contributed by atoms with E-state index in [1.54, 1.807) is 13.8 Å². The second-order valence-corrected chi connectivity index (χ2v) is 10.6. The van der Waals surface area contributed by atoms with Crippen LogP contribution in [0.25, 0.3) is 0 Å². The minimum Gasteiger partial charge on any atom is -0.394 e. The lowest BCUT2D eigenvalue weighted by molar-refractivity contribution is -0.231. The van der Waals surface area contributed by atoms with E-state index in [1.807, 2.05) is 0 Å². The van der Waals surface area contributed by atoms with E-state index in [9.17, 15) is 50.4 Å².